The molecule has 1 rings (SSSR count). The maximum atomic E-state index is 11.9. The third-order valence-corrected chi connectivity index (χ3v) is 4.13. The Morgan fingerprint density at radius 3 is 2.44 bits per heavy atom. The zero-order valence-electron chi connectivity index (χ0n) is 11.3. The predicted octanol–water partition coefficient (Wildman–Crippen LogP) is 2.06. The molecule has 1 amide bonds. The summed E-state index contributed by atoms with van der Waals surface area (Å²) < 4.78 is 0.0646. The normalized spacial score (nSPS) is 11.3. The molecule has 0 heterocycles. The van der Waals surface area contributed by atoms with Crippen molar-refractivity contribution in [3.05, 3.63) is 35.4 Å². The van der Waals surface area contributed by atoms with E-state index in [1.54, 1.807) is 11.8 Å². The van der Waals surface area contributed by atoms with Crippen LogP contribution in [0.15, 0.2) is 24.3 Å². The lowest BCUT2D eigenvalue weighted by Gasteiger charge is -2.22. The molecular weight excluding hydrogens is 244 g/mol. The van der Waals surface area contributed by atoms with Crippen molar-refractivity contribution in [1.82, 2.24) is 5.32 Å². The summed E-state index contributed by atoms with van der Waals surface area (Å²) in [6, 6.07) is 7.63. The molecule has 1 aromatic carbocycles. The lowest BCUT2D eigenvalue weighted by atomic mass is 10.1. The van der Waals surface area contributed by atoms with Gasteiger partial charge in [0.05, 0.1) is 0 Å². The van der Waals surface area contributed by atoms with E-state index in [0.29, 0.717) is 18.7 Å². The molecule has 100 valence electrons. The van der Waals surface area contributed by atoms with Crippen molar-refractivity contribution in [2.75, 3.05) is 19.3 Å². The van der Waals surface area contributed by atoms with Crippen molar-refractivity contribution in [3.8, 4) is 0 Å². The van der Waals surface area contributed by atoms with Crippen LogP contribution in [0.25, 0.3) is 0 Å². The molecule has 3 N–H and O–H groups in total. The highest BCUT2D eigenvalue weighted by Gasteiger charge is 2.17. The second-order valence-electron chi connectivity index (χ2n) is 4.88. The molecular formula is C14H22N2OS. The maximum absolute atomic E-state index is 11.9. The van der Waals surface area contributed by atoms with Gasteiger partial charge in [0.25, 0.3) is 5.91 Å². The lowest BCUT2D eigenvalue weighted by molar-refractivity contribution is 0.0951. The average Bonchev–Trinajstić information content (AvgIpc) is 2.37. The van der Waals surface area contributed by atoms with E-state index in [9.17, 15) is 4.79 Å². The first-order chi connectivity index (χ1) is 8.48. The summed E-state index contributed by atoms with van der Waals surface area (Å²) in [5.41, 5.74) is 7.35. The van der Waals surface area contributed by atoms with E-state index in [2.05, 4.69) is 19.2 Å². The Bertz CT molecular complexity index is 387. The maximum Gasteiger partial charge on any atom is 0.251 e. The summed E-state index contributed by atoms with van der Waals surface area (Å²) in [6.45, 7) is 5.52. The number of thioether (sulfide) groups is 1. The van der Waals surface area contributed by atoms with Gasteiger partial charge in [-0.15, -0.1) is 0 Å². The van der Waals surface area contributed by atoms with Crippen molar-refractivity contribution in [2.24, 2.45) is 5.73 Å². The molecule has 0 aliphatic carbocycles. The number of amides is 1. The molecule has 0 aromatic heterocycles. The summed E-state index contributed by atoms with van der Waals surface area (Å²) in [4.78, 5) is 11.9. The molecule has 1 aromatic rings. The Morgan fingerprint density at radius 2 is 1.94 bits per heavy atom. The molecule has 0 aliphatic rings. The fourth-order valence-electron chi connectivity index (χ4n) is 1.46. The number of nitrogens with one attached hydrogen (secondary N) is 1. The van der Waals surface area contributed by atoms with Gasteiger partial charge in [-0.05, 0) is 50.8 Å². The average molecular weight is 266 g/mol. The van der Waals surface area contributed by atoms with Crippen molar-refractivity contribution in [2.45, 2.75) is 25.0 Å². The van der Waals surface area contributed by atoms with Crippen LogP contribution in [0.5, 0.6) is 0 Å². The molecule has 0 unspecified atom stereocenters. The number of carbonyl (C=O) groups excluding carboxylic acids is 1. The molecule has 0 bridgehead atoms. The SMILES string of the molecule is CSC(C)(C)CNC(=O)c1ccc(CCN)cc1. The first-order valence-corrected chi connectivity index (χ1v) is 7.33. The Kier molecular flexibility index (Phi) is 5.69. The molecule has 0 spiro atoms. The first-order valence-electron chi connectivity index (χ1n) is 6.11. The van der Waals surface area contributed by atoms with E-state index in [1.807, 2.05) is 30.5 Å². The third kappa shape index (κ3) is 4.70. The van der Waals surface area contributed by atoms with E-state index >= 15 is 0 Å². The van der Waals surface area contributed by atoms with Gasteiger partial charge in [0.1, 0.15) is 0 Å². The van der Waals surface area contributed by atoms with Crippen LogP contribution in [0.2, 0.25) is 0 Å². The van der Waals surface area contributed by atoms with Crippen LogP contribution >= 0.6 is 11.8 Å². The lowest BCUT2D eigenvalue weighted by Crippen LogP contribution is -2.36. The molecule has 0 atom stereocenters. The Labute approximate surface area is 114 Å². The largest absolute Gasteiger partial charge is 0.351 e. The van der Waals surface area contributed by atoms with Gasteiger partial charge >= 0.3 is 0 Å². The van der Waals surface area contributed by atoms with E-state index in [1.165, 1.54) is 5.56 Å². The second kappa shape index (κ2) is 6.81. The van der Waals surface area contributed by atoms with Crippen LogP contribution in [0.3, 0.4) is 0 Å². The van der Waals surface area contributed by atoms with E-state index in [-0.39, 0.29) is 10.7 Å². The molecule has 0 radical (unpaired) electrons. The van der Waals surface area contributed by atoms with Crippen molar-refractivity contribution in [3.63, 3.8) is 0 Å². The summed E-state index contributed by atoms with van der Waals surface area (Å²) in [5, 5.41) is 2.96. The monoisotopic (exact) mass is 266 g/mol. The van der Waals surface area contributed by atoms with Crippen LogP contribution in [0, 0.1) is 0 Å². The highest BCUT2D eigenvalue weighted by atomic mass is 32.2. The predicted molar refractivity (Wildman–Crippen MR) is 79.1 cm³/mol. The standard InChI is InChI=1S/C14H22N2OS/c1-14(2,18-3)10-16-13(17)12-6-4-11(5-7-12)8-9-15/h4-7H,8-10,15H2,1-3H3,(H,16,17). The molecule has 3 nitrogen and oxygen atoms in total. The fourth-order valence-corrected chi connectivity index (χ4v) is 1.67. The van der Waals surface area contributed by atoms with Gasteiger partial charge in [0.15, 0.2) is 0 Å². The van der Waals surface area contributed by atoms with E-state index < -0.39 is 0 Å². The molecule has 0 saturated heterocycles. The quantitative estimate of drug-likeness (QED) is 0.828. The van der Waals surface area contributed by atoms with Crippen LogP contribution in [-0.4, -0.2) is 30.0 Å². The minimum Gasteiger partial charge on any atom is -0.351 e. The zero-order valence-corrected chi connectivity index (χ0v) is 12.1. The summed E-state index contributed by atoms with van der Waals surface area (Å²) in [6.07, 6.45) is 2.90. The number of hydrogen-bond donors (Lipinski definition) is 2. The minimum absolute atomic E-state index is 0.0172. The number of benzene rings is 1. The first kappa shape index (κ1) is 15.1. The minimum atomic E-state index is -0.0172. The van der Waals surface area contributed by atoms with Gasteiger partial charge in [-0.1, -0.05) is 12.1 Å². The highest BCUT2D eigenvalue weighted by molar-refractivity contribution is 7.99. The number of nitrogens with two attached hydrogens (primary N) is 1. The van der Waals surface area contributed by atoms with Crippen LogP contribution in [0.4, 0.5) is 0 Å². The van der Waals surface area contributed by atoms with E-state index in [4.69, 9.17) is 5.73 Å². The molecule has 0 saturated carbocycles. The third-order valence-electron chi connectivity index (χ3n) is 2.88. The van der Waals surface area contributed by atoms with Crippen molar-refractivity contribution < 1.29 is 4.79 Å². The Hall–Kier alpha value is -1.00. The zero-order chi connectivity index (χ0) is 13.6. The topological polar surface area (TPSA) is 55.1 Å². The summed E-state index contributed by atoms with van der Waals surface area (Å²) in [5.74, 6) is -0.0172. The highest BCUT2D eigenvalue weighted by Crippen LogP contribution is 2.19. The number of carbonyl (C=O) groups is 1. The van der Waals surface area contributed by atoms with Crippen LogP contribution in [-0.2, 0) is 6.42 Å². The molecule has 4 heteroatoms. The van der Waals surface area contributed by atoms with Crippen LogP contribution < -0.4 is 11.1 Å². The molecule has 0 fully saturated rings. The Balaban J connectivity index is 2.56. The Morgan fingerprint density at radius 1 is 1.33 bits per heavy atom. The molecule has 0 aliphatic heterocycles. The summed E-state index contributed by atoms with van der Waals surface area (Å²) >= 11 is 1.74. The molecule has 18 heavy (non-hydrogen) atoms. The number of hydrogen-bond acceptors (Lipinski definition) is 3. The van der Waals surface area contributed by atoms with Gasteiger partial charge in [-0.2, -0.15) is 11.8 Å². The van der Waals surface area contributed by atoms with Gasteiger partial charge in [0, 0.05) is 16.9 Å². The van der Waals surface area contributed by atoms with Gasteiger partial charge in [-0.3, -0.25) is 4.79 Å². The van der Waals surface area contributed by atoms with E-state index in [0.717, 1.165) is 6.42 Å². The number of rotatable bonds is 6. The van der Waals surface area contributed by atoms with Crippen molar-refractivity contribution >= 4 is 17.7 Å². The van der Waals surface area contributed by atoms with Gasteiger partial charge in [0.2, 0.25) is 0 Å². The van der Waals surface area contributed by atoms with Gasteiger partial charge < -0.3 is 11.1 Å². The fraction of sp³-hybridized carbons (Fsp3) is 0.500. The second-order valence-corrected chi connectivity index (χ2v) is 6.40. The van der Waals surface area contributed by atoms with Gasteiger partial charge in [-0.25, -0.2) is 0 Å². The summed E-state index contributed by atoms with van der Waals surface area (Å²) in [7, 11) is 0. The van der Waals surface area contributed by atoms with Crippen molar-refractivity contribution in [1.29, 1.82) is 0 Å². The smallest absolute Gasteiger partial charge is 0.251 e. The van der Waals surface area contributed by atoms with Crippen LogP contribution in [0.1, 0.15) is 29.8 Å².